The van der Waals surface area contributed by atoms with Crippen LogP contribution in [-0.2, 0) is 4.79 Å². The smallest absolute Gasteiger partial charge is 0.220 e. The number of carbonyl (C=O) groups is 1. The van der Waals surface area contributed by atoms with E-state index in [0.29, 0.717) is 6.42 Å². The predicted molar refractivity (Wildman–Crippen MR) is 104 cm³/mol. The van der Waals surface area contributed by atoms with Gasteiger partial charge in [0.25, 0.3) is 0 Å². The molecule has 0 bridgehead atoms. The van der Waals surface area contributed by atoms with E-state index >= 15 is 0 Å². The first-order chi connectivity index (χ1) is 10.6. The average Bonchev–Trinajstić information content (AvgIpc) is 2.50. The van der Waals surface area contributed by atoms with Crippen molar-refractivity contribution in [2.75, 3.05) is 19.6 Å². The number of nitrogens with one attached hydrogen (secondary N) is 1. The molecular formula is C19H41ClN2O. The molecule has 1 amide bonds. The van der Waals surface area contributed by atoms with Crippen LogP contribution in [0.5, 0.6) is 0 Å². The molecule has 0 radical (unpaired) electrons. The van der Waals surface area contributed by atoms with Gasteiger partial charge in [-0.1, -0.05) is 72.1 Å². The van der Waals surface area contributed by atoms with E-state index in [2.05, 4.69) is 37.9 Å². The van der Waals surface area contributed by atoms with Crippen molar-refractivity contribution < 1.29 is 4.79 Å². The fourth-order valence-electron chi connectivity index (χ4n) is 2.86. The molecule has 140 valence electrons. The summed E-state index contributed by atoms with van der Waals surface area (Å²) in [5.74, 6) is 0.225. The molecule has 0 aliphatic rings. The Balaban J connectivity index is 0. The third-order valence-corrected chi connectivity index (χ3v) is 4.34. The highest BCUT2D eigenvalue weighted by molar-refractivity contribution is 5.85. The van der Waals surface area contributed by atoms with E-state index in [1.807, 2.05) is 0 Å². The number of hydrogen-bond donors (Lipinski definition) is 1. The molecule has 1 atom stereocenters. The molecule has 23 heavy (non-hydrogen) atoms. The zero-order valence-electron chi connectivity index (χ0n) is 16.0. The SMILES string of the molecule is CCCCCCCCCCCC(=O)NC(C)CN(CC)CC.Cl. The minimum absolute atomic E-state index is 0. The number of nitrogens with zero attached hydrogens (tertiary/aromatic N) is 1. The van der Waals surface area contributed by atoms with Gasteiger partial charge >= 0.3 is 0 Å². The van der Waals surface area contributed by atoms with E-state index in [1.165, 1.54) is 51.4 Å². The van der Waals surface area contributed by atoms with Crippen LogP contribution in [-0.4, -0.2) is 36.5 Å². The summed E-state index contributed by atoms with van der Waals surface area (Å²) in [7, 11) is 0. The second-order valence-electron chi connectivity index (χ2n) is 6.53. The largest absolute Gasteiger partial charge is 0.352 e. The molecule has 0 fully saturated rings. The molecule has 1 unspecified atom stereocenters. The minimum atomic E-state index is 0. The second-order valence-corrected chi connectivity index (χ2v) is 6.53. The first-order valence-corrected chi connectivity index (χ1v) is 9.65. The summed E-state index contributed by atoms with van der Waals surface area (Å²) in [6, 6.07) is 0.256. The van der Waals surface area contributed by atoms with Crippen molar-refractivity contribution in [2.24, 2.45) is 0 Å². The zero-order valence-corrected chi connectivity index (χ0v) is 16.8. The molecule has 0 aromatic heterocycles. The molecule has 0 saturated carbocycles. The van der Waals surface area contributed by atoms with Crippen LogP contribution in [0.25, 0.3) is 0 Å². The summed E-state index contributed by atoms with van der Waals surface area (Å²) in [5.41, 5.74) is 0. The van der Waals surface area contributed by atoms with Gasteiger partial charge in [-0.15, -0.1) is 12.4 Å². The maximum atomic E-state index is 11.9. The highest BCUT2D eigenvalue weighted by atomic mass is 35.5. The number of rotatable bonds is 15. The maximum Gasteiger partial charge on any atom is 0.220 e. The molecule has 0 aliphatic heterocycles. The molecule has 0 rings (SSSR count). The number of unbranched alkanes of at least 4 members (excludes halogenated alkanes) is 8. The zero-order chi connectivity index (χ0) is 16.6. The van der Waals surface area contributed by atoms with Gasteiger partial charge in [-0.25, -0.2) is 0 Å². The molecule has 1 N–H and O–H groups in total. The van der Waals surface area contributed by atoms with Gasteiger partial charge in [0.15, 0.2) is 0 Å². The average molecular weight is 349 g/mol. The normalized spacial score (nSPS) is 12.0. The Morgan fingerprint density at radius 1 is 0.870 bits per heavy atom. The van der Waals surface area contributed by atoms with E-state index in [-0.39, 0.29) is 24.4 Å². The van der Waals surface area contributed by atoms with E-state index in [1.54, 1.807) is 0 Å². The molecule has 0 heterocycles. The van der Waals surface area contributed by atoms with E-state index in [9.17, 15) is 4.79 Å². The molecule has 4 heteroatoms. The van der Waals surface area contributed by atoms with Gasteiger partial charge in [-0.05, 0) is 26.4 Å². The van der Waals surface area contributed by atoms with Crippen LogP contribution in [0.2, 0.25) is 0 Å². The fourth-order valence-corrected chi connectivity index (χ4v) is 2.86. The lowest BCUT2D eigenvalue weighted by Gasteiger charge is -2.23. The Morgan fingerprint density at radius 2 is 1.35 bits per heavy atom. The Bertz CT molecular complexity index is 258. The van der Waals surface area contributed by atoms with Crippen LogP contribution in [0.1, 0.15) is 91.9 Å². The highest BCUT2D eigenvalue weighted by Crippen LogP contribution is 2.10. The number of likely N-dealkylation sites (N-methyl/N-ethyl adjacent to an activating group) is 1. The monoisotopic (exact) mass is 348 g/mol. The van der Waals surface area contributed by atoms with Crippen LogP contribution in [0.3, 0.4) is 0 Å². The van der Waals surface area contributed by atoms with Gasteiger partial charge < -0.3 is 10.2 Å². The summed E-state index contributed by atoms with van der Waals surface area (Å²) in [5, 5.41) is 3.12. The van der Waals surface area contributed by atoms with Crippen LogP contribution >= 0.6 is 12.4 Å². The lowest BCUT2D eigenvalue weighted by molar-refractivity contribution is -0.121. The number of halogens is 1. The molecule has 0 aromatic carbocycles. The van der Waals surface area contributed by atoms with Crippen LogP contribution in [0.4, 0.5) is 0 Å². The van der Waals surface area contributed by atoms with Crippen molar-refractivity contribution >= 4 is 18.3 Å². The van der Waals surface area contributed by atoms with Gasteiger partial charge in [0.1, 0.15) is 0 Å². The Morgan fingerprint density at radius 3 is 1.83 bits per heavy atom. The summed E-state index contributed by atoms with van der Waals surface area (Å²) < 4.78 is 0. The van der Waals surface area contributed by atoms with Crippen molar-refractivity contribution in [1.29, 1.82) is 0 Å². The van der Waals surface area contributed by atoms with Crippen molar-refractivity contribution in [1.82, 2.24) is 10.2 Å². The predicted octanol–water partition coefficient (Wildman–Crippen LogP) is 5.18. The van der Waals surface area contributed by atoms with Crippen LogP contribution in [0, 0.1) is 0 Å². The Kier molecular flexibility index (Phi) is 19.6. The first-order valence-electron chi connectivity index (χ1n) is 9.65. The number of hydrogen-bond acceptors (Lipinski definition) is 2. The van der Waals surface area contributed by atoms with Crippen LogP contribution in [0.15, 0.2) is 0 Å². The maximum absolute atomic E-state index is 11.9. The first kappa shape index (κ1) is 25.0. The van der Waals surface area contributed by atoms with Gasteiger partial charge in [-0.3, -0.25) is 4.79 Å². The van der Waals surface area contributed by atoms with Gasteiger partial charge in [0, 0.05) is 19.0 Å². The van der Waals surface area contributed by atoms with Crippen molar-refractivity contribution in [3.63, 3.8) is 0 Å². The molecule has 3 nitrogen and oxygen atoms in total. The number of amides is 1. The van der Waals surface area contributed by atoms with Crippen molar-refractivity contribution in [2.45, 2.75) is 97.9 Å². The molecule has 0 aliphatic carbocycles. The third kappa shape index (κ3) is 16.4. The van der Waals surface area contributed by atoms with E-state index < -0.39 is 0 Å². The van der Waals surface area contributed by atoms with E-state index in [4.69, 9.17) is 0 Å². The minimum Gasteiger partial charge on any atom is -0.352 e. The molecule has 0 aromatic rings. The molecule has 0 saturated heterocycles. The Labute approximate surface area is 151 Å². The lowest BCUT2D eigenvalue weighted by Crippen LogP contribution is -2.41. The number of carbonyl (C=O) groups excluding carboxylic acids is 1. The highest BCUT2D eigenvalue weighted by Gasteiger charge is 2.09. The summed E-state index contributed by atoms with van der Waals surface area (Å²) in [6.45, 7) is 11.8. The fraction of sp³-hybridized carbons (Fsp3) is 0.947. The van der Waals surface area contributed by atoms with Gasteiger partial charge in [-0.2, -0.15) is 0 Å². The third-order valence-electron chi connectivity index (χ3n) is 4.34. The standard InChI is InChI=1S/C19H40N2O.ClH/c1-5-8-9-10-11-12-13-14-15-16-19(22)20-18(4)17-21(6-2)7-3;/h18H,5-17H2,1-4H3,(H,20,22);1H. The summed E-state index contributed by atoms with van der Waals surface area (Å²) in [4.78, 5) is 14.2. The summed E-state index contributed by atoms with van der Waals surface area (Å²) in [6.07, 6.45) is 12.4. The van der Waals surface area contributed by atoms with Crippen molar-refractivity contribution in [3.05, 3.63) is 0 Å². The summed E-state index contributed by atoms with van der Waals surface area (Å²) >= 11 is 0. The van der Waals surface area contributed by atoms with Crippen molar-refractivity contribution in [3.8, 4) is 0 Å². The lowest BCUT2D eigenvalue weighted by atomic mass is 10.1. The van der Waals surface area contributed by atoms with Crippen LogP contribution < -0.4 is 5.32 Å². The molecular weight excluding hydrogens is 308 g/mol. The quantitative estimate of drug-likeness (QED) is 0.414. The topological polar surface area (TPSA) is 32.3 Å². The molecule has 0 spiro atoms. The van der Waals surface area contributed by atoms with Gasteiger partial charge in [0.05, 0.1) is 0 Å². The van der Waals surface area contributed by atoms with E-state index in [0.717, 1.165) is 26.1 Å². The van der Waals surface area contributed by atoms with Gasteiger partial charge in [0.2, 0.25) is 5.91 Å². The second kappa shape index (κ2) is 18.1. The Hall–Kier alpha value is -0.280.